The van der Waals surface area contributed by atoms with E-state index in [9.17, 15) is 22.8 Å². The number of nitrogens with one attached hydrogen (secondary N) is 1. The monoisotopic (exact) mass is 484 g/mol. The van der Waals surface area contributed by atoms with Gasteiger partial charge in [0.25, 0.3) is 17.4 Å². The number of nitrogens with zero attached hydrogens (tertiary/aromatic N) is 2. The Kier molecular flexibility index (Phi) is 6.60. The Morgan fingerprint density at radius 1 is 1.14 bits per heavy atom. The third kappa shape index (κ3) is 5.50. The number of nitrogens with two attached hydrogens (primary N) is 1. The van der Waals surface area contributed by atoms with Crippen molar-refractivity contribution in [3.63, 3.8) is 0 Å². The molecule has 0 bridgehead atoms. The summed E-state index contributed by atoms with van der Waals surface area (Å²) < 4.78 is 42.6. The molecule has 1 aromatic heterocycles. The first kappa shape index (κ1) is 24.4. The summed E-state index contributed by atoms with van der Waals surface area (Å²) >= 11 is 0. The topological polar surface area (TPSA) is 80.4 Å². The number of benzene rings is 2. The third-order valence-electron chi connectivity index (χ3n) is 6.11. The van der Waals surface area contributed by atoms with Crippen molar-refractivity contribution in [1.29, 1.82) is 0 Å². The zero-order valence-electron chi connectivity index (χ0n) is 19.5. The Labute approximate surface area is 201 Å². The molecule has 0 unspecified atom stereocenters. The van der Waals surface area contributed by atoms with Crippen LogP contribution in [0.1, 0.15) is 47.8 Å². The van der Waals surface area contributed by atoms with E-state index in [1.807, 2.05) is 11.0 Å². The fourth-order valence-electron chi connectivity index (χ4n) is 4.16. The van der Waals surface area contributed by atoms with Crippen LogP contribution in [0.2, 0.25) is 0 Å². The second kappa shape index (κ2) is 9.48. The molecule has 2 atom stereocenters. The maximum Gasteiger partial charge on any atom is 0.270 e. The first-order chi connectivity index (χ1) is 16.5. The normalized spacial score (nSPS) is 16.8. The van der Waals surface area contributed by atoms with Crippen LogP contribution in [0, 0.1) is 0 Å². The molecule has 2 heterocycles. The van der Waals surface area contributed by atoms with Crippen molar-refractivity contribution in [2.75, 3.05) is 23.7 Å². The summed E-state index contributed by atoms with van der Waals surface area (Å²) in [5.74, 6) is -3.55. The quantitative estimate of drug-likeness (QED) is 0.503. The molecule has 35 heavy (non-hydrogen) atoms. The van der Waals surface area contributed by atoms with Crippen LogP contribution in [-0.2, 0) is 5.92 Å². The van der Waals surface area contributed by atoms with E-state index in [2.05, 4.69) is 5.32 Å². The molecule has 3 N–H and O–H groups in total. The van der Waals surface area contributed by atoms with Gasteiger partial charge < -0.3 is 16.0 Å². The SMILES string of the molecule is C[C@@H](NC(=O)c1ccc(=O)n(-c2cccc(N3CC[C@@H](F)C3)c2)c1)c1cc(N)cc(C(C)(F)F)c1. The zero-order chi connectivity index (χ0) is 25.3. The summed E-state index contributed by atoms with van der Waals surface area (Å²) in [5, 5.41) is 2.77. The molecule has 1 amide bonds. The predicted molar refractivity (Wildman–Crippen MR) is 130 cm³/mol. The van der Waals surface area contributed by atoms with E-state index in [-0.39, 0.29) is 22.4 Å². The first-order valence-electron chi connectivity index (χ1n) is 11.3. The van der Waals surface area contributed by atoms with Crippen molar-refractivity contribution < 1.29 is 18.0 Å². The van der Waals surface area contributed by atoms with Gasteiger partial charge in [0.05, 0.1) is 17.3 Å². The zero-order valence-corrected chi connectivity index (χ0v) is 19.5. The maximum absolute atomic E-state index is 13.8. The summed E-state index contributed by atoms with van der Waals surface area (Å²) in [5.41, 5.74) is 7.39. The number of pyridine rings is 1. The Morgan fingerprint density at radius 2 is 1.89 bits per heavy atom. The summed E-state index contributed by atoms with van der Waals surface area (Å²) in [4.78, 5) is 27.4. The minimum absolute atomic E-state index is 0.172. The molecule has 1 saturated heterocycles. The second-order valence-electron chi connectivity index (χ2n) is 8.95. The van der Waals surface area contributed by atoms with Gasteiger partial charge in [-0.3, -0.25) is 14.2 Å². The minimum Gasteiger partial charge on any atom is -0.399 e. The van der Waals surface area contributed by atoms with Crippen molar-refractivity contribution in [2.24, 2.45) is 0 Å². The van der Waals surface area contributed by atoms with E-state index in [0.29, 0.717) is 30.8 Å². The molecule has 9 heteroatoms. The molecular weight excluding hydrogens is 457 g/mol. The number of halogens is 3. The number of aromatic nitrogens is 1. The van der Waals surface area contributed by atoms with E-state index in [1.165, 1.54) is 41.1 Å². The molecule has 4 rings (SSSR count). The molecule has 0 radical (unpaired) electrons. The molecule has 3 aromatic rings. The fraction of sp³-hybridized carbons (Fsp3) is 0.308. The van der Waals surface area contributed by atoms with Crippen LogP contribution in [-0.4, -0.2) is 29.7 Å². The maximum atomic E-state index is 13.8. The van der Waals surface area contributed by atoms with Gasteiger partial charge in [0.1, 0.15) is 6.17 Å². The second-order valence-corrected chi connectivity index (χ2v) is 8.95. The van der Waals surface area contributed by atoms with Gasteiger partial charge in [0.15, 0.2) is 0 Å². The van der Waals surface area contributed by atoms with Crippen LogP contribution >= 0.6 is 0 Å². The van der Waals surface area contributed by atoms with Gasteiger partial charge in [0, 0.05) is 49.2 Å². The molecule has 0 aliphatic carbocycles. The number of carbonyl (C=O) groups excluding carboxylic acids is 1. The summed E-state index contributed by atoms with van der Waals surface area (Å²) in [6, 6.07) is 13.3. The van der Waals surface area contributed by atoms with Gasteiger partial charge in [-0.25, -0.2) is 13.2 Å². The lowest BCUT2D eigenvalue weighted by Gasteiger charge is -2.19. The molecule has 0 saturated carbocycles. The van der Waals surface area contributed by atoms with Crippen molar-refractivity contribution in [1.82, 2.24) is 9.88 Å². The highest BCUT2D eigenvalue weighted by Crippen LogP contribution is 2.31. The molecule has 0 spiro atoms. The molecule has 2 aromatic carbocycles. The van der Waals surface area contributed by atoms with Crippen molar-refractivity contribution in [3.8, 4) is 5.69 Å². The Morgan fingerprint density at radius 3 is 2.57 bits per heavy atom. The van der Waals surface area contributed by atoms with Gasteiger partial charge in [0.2, 0.25) is 0 Å². The number of rotatable bonds is 6. The lowest BCUT2D eigenvalue weighted by Crippen LogP contribution is -2.29. The molecule has 1 aliphatic rings. The van der Waals surface area contributed by atoms with Crippen LogP contribution in [0.5, 0.6) is 0 Å². The summed E-state index contributed by atoms with van der Waals surface area (Å²) in [7, 11) is 0. The average Bonchev–Trinajstić information content (AvgIpc) is 3.24. The van der Waals surface area contributed by atoms with Crippen LogP contribution in [0.15, 0.2) is 65.6 Å². The van der Waals surface area contributed by atoms with Crippen molar-refractivity contribution in [3.05, 3.63) is 87.8 Å². The van der Waals surface area contributed by atoms with Gasteiger partial charge in [-0.1, -0.05) is 6.07 Å². The lowest BCUT2D eigenvalue weighted by atomic mass is 10.0. The van der Waals surface area contributed by atoms with E-state index >= 15 is 0 Å². The summed E-state index contributed by atoms with van der Waals surface area (Å²) in [6.45, 7) is 3.34. The molecule has 184 valence electrons. The fourth-order valence-corrected chi connectivity index (χ4v) is 4.16. The van der Waals surface area contributed by atoms with Gasteiger partial charge >= 0.3 is 0 Å². The number of carbonyl (C=O) groups is 1. The minimum atomic E-state index is -3.07. The number of nitrogen functional groups attached to an aromatic ring is 1. The predicted octanol–water partition coefficient (Wildman–Crippen LogP) is 4.57. The first-order valence-corrected chi connectivity index (χ1v) is 11.3. The van der Waals surface area contributed by atoms with Gasteiger partial charge in [-0.05, 0) is 61.4 Å². The Balaban J connectivity index is 1.57. The number of amides is 1. The summed E-state index contributed by atoms with van der Waals surface area (Å²) in [6.07, 6.45) is 1.01. The van der Waals surface area contributed by atoms with E-state index in [1.54, 1.807) is 25.1 Å². The third-order valence-corrected chi connectivity index (χ3v) is 6.11. The van der Waals surface area contributed by atoms with E-state index in [0.717, 1.165) is 12.6 Å². The van der Waals surface area contributed by atoms with Crippen molar-refractivity contribution >= 4 is 17.3 Å². The van der Waals surface area contributed by atoms with Gasteiger partial charge in [-0.2, -0.15) is 0 Å². The van der Waals surface area contributed by atoms with Crippen LogP contribution in [0.3, 0.4) is 0 Å². The Bertz CT molecular complexity index is 1300. The number of hydrogen-bond donors (Lipinski definition) is 2. The van der Waals surface area contributed by atoms with E-state index in [4.69, 9.17) is 5.73 Å². The standard InChI is InChI=1S/C26H27F3N4O2/c1-16(18-10-19(26(2,28)29)12-21(30)11-18)31-25(35)17-6-7-24(34)33(14-17)23-5-3-4-22(13-23)32-9-8-20(27)15-32/h3-7,10-14,16,20H,8-9,15,30H2,1-2H3,(H,31,35)/t16-,20-/m1/s1. The Hall–Kier alpha value is -3.75. The largest absolute Gasteiger partial charge is 0.399 e. The number of alkyl halides is 3. The molecule has 1 fully saturated rings. The van der Waals surface area contributed by atoms with Crippen LogP contribution in [0.4, 0.5) is 24.5 Å². The molecule has 6 nitrogen and oxygen atoms in total. The van der Waals surface area contributed by atoms with Crippen molar-refractivity contribution in [2.45, 2.75) is 38.4 Å². The highest BCUT2D eigenvalue weighted by atomic mass is 19.3. The molecule has 1 aliphatic heterocycles. The highest BCUT2D eigenvalue weighted by Gasteiger charge is 2.26. The molecular formula is C26H27F3N4O2. The van der Waals surface area contributed by atoms with Crippen LogP contribution < -0.4 is 21.5 Å². The van der Waals surface area contributed by atoms with Crippen LogP contribution in [0.25, 0.3) is 5.69 Å². The van der Waals surface area contributed by atoms with Gasteiger partial charge in [-0.15, -0.1) is 0 Å². The smallest absolute Gasteiger partial charge is 0.270 e. The average molecular weight is 485 g/mol. The lowest BCUT2D eigenvalue weighted by molar-refractivity contribution is 0.0174. The number of hydrogen-bond acceptors (Lipinski definition) is 4. The van der Waals surface area contributed by atoms with E-state index < -0.39 is 24.0 Å². The number of anilines is 2. The highest BCUT2D eigenvalue weighted by molar-refractivity contribution is 5.94.